The summed E-state index contributed by atoms with van der Waals surface area (Å²) in [4.78, 5) is 27.3. The van der Waals surface area contributed by atoms with Gasteiger partial charge in [0, 0.05) is 17.6 Å². The topological polar surface area (TPSA) is 86.8 Å². The zero-order chi connectivity index (χ0) is 24.9. The summed E-state index contributed by atoms with van der Waals surface area (Å²) in [7, 11) is -3.94. The maximum Gasteiger partial charge on any atom is 0.244 e. The van der Waals surface area contributed by atoms with Crippen molar-refractivity contribution >= 4 is 50.7 Å². The largest absolute Gasteiger partial charge is 0.352 e. The first-order chi connectivity index (χ1) is 15.3. The van der Waals surface area contributed by atoms with Crippen molar-refractivity contribution in [3.05, 3.63) is 63.9 Å². The van der Waals surface area contributed by atoms with Gasteiger partial charge in [-0.25, -0.2) is 12.8 Å². The second kappa shape index (κ2) is 11.2. The van der Waals surface area contributed by atoms with Crippen molar-refractivity contribution in [1.29, 1.82) is 0 Å². The number of sulfonamides is 1. The number of amides is 2. The van der Waals surface area contributed by atoms with Gasteiger partial charge < -0.3 is 10.2 Å². The van der Waals surface area contributed by atoms with E-state index in [2.05, 4.69) is 5.32 Å². The van der Waals surface area contributed by atoms with Crippen LogP contribution in [0.2, 0.25) is 10.0 Å². The van der Waals surface area contributed by atoms with E-state index >= 15 is 0 Å². The quantitative estimate of drug-likeness (QED) is 0.547. The third-order valence-corrected chi connectivity index (χ3v) is 6.38. The Bertz CT molecular complexity index is 1130. The lowest BCUT2D eigenvalue weighted by Crippen LogP contribution is -2.52. The van der Waals surface area contributed by atoms with E-state index in [-0.39, 0.29) is 23.3 Å². The number of anilines is 1. The molecule has 0 spiro atoms. The number of nitrogens with one attached hydrogen (secondary N) is 1. The minimum Gasteiger partial charge on any atom is -0.352 e. The van der Waals surface area contributed by atoms with Gasteiger partial charge in [0.05, 0.1) is 17.0 Å². The normalized spacial score (nSPS) is 12.4. The summed E-state index contributed by atoms with van der Waals surface area (Å²) in [5.74, 6) is -1.75. The third kappa shape index (κ3) is 7.58. The lowest BCUT2D eigenvalue weighted by atomic mass is 10.1. The lowest BCUT2D eigenvalue weighted by molar-refractivity contribution is -0.139. The molecule has 0 fully saturated rings. The molecule has 0 aromatic heterocycles. The molecule has 2 aromatic carbocycles. The van der Waals surface area contributed by atoms with Gasteiger partial charge in [-0.05, 0) is 56.7 Å². The molecule has 180 valence electrons. The number of rotatable bonds is 9. The predicted octanol–water partition coefficient (Wildman–Crippen LogP) is 3.84. The Morgan fingerprint density at radius 3 is 2.30 bits per heavy atom. The molecule has 0 aliphatic carbocycles. The van der Waals surface area contributed by atoms with E-state index in [0.717, 1.165) is 22.7 Å². The maximum atomic E-state index is 13.6. The van der Waals surface area contributed by atoms with Crippen molar-refractivity contribution in [2.75, 3.05) is 17.1 Å². The van der Waals surface area contributed by atoms with Crippen LogP contribution in [0, 0.1) is 5.82 Å². The van der Waals surface area contributed by atoms with Gasteiger partial charge in [-0.15, -0.1) is 0 Å². The van der Waals surface area contributed by atoms with Gasteiger partial charge in [0.15, 0.2) is 0 Å². The fourth-order valence-corrected chi connectivity index (χ4v) is 4.30. The van der Waals surface area contributed by atoms with Crippen molar-refractivity contribution in [1.82, 2.24) is 10.2 Å². The van der Waals surface area contributed by atoms with Crippen molar-refractivity contribution in [3.63, 3.8) is 0 Å². The summed E-state index contributed by atoms with van der Waals surface area (Å²) < 4.78 is 39.3. The number of carbonyl (C=O) groups is 2. The van der Waals surface area contributed by atoms with Crippen LogP contribution in [0.25, 0.3) is 0 Å². The van der Waals surface area contributed by atoms with Crippen LogP contribution in [0.5, 0.6) is 0 Å². The van der Waals surface area contributed by atoms with Crippen LogP contribution in [0.1, 0.15) is 26.3 Å². The molecule has 0 aliphatic rings. The highest BCUT2D eigenvalue weighted by Crippen LogP contribution is 2.25. The molecule has 7 nitrogen and oxygen atoms in total. The summed E-state index contributed by atoms with van der Waals surface area (Å²) in [6.45, 7) is 4.54. The third-order valence-electron chi connectivity index (χ3n) is 4.71. The van der Waals surface area contributed by atoms with Gasteiger partial charge in [-0.2, -0.15) is 0 Å². The summed E-state index contributed by atoms with van der Waals surface area (Å²) in [6, 6.07) is 9.08. The van der Waals surface area contributed by atoms with E-state index in [1.165, 1.54) is 11.0 Å². The van der Waals surface area contributed by atoms with Gasteiger partial charge in [0.25, 0.3) is 0 Å². The summed E-state index contributed by atoms with van der Waals surface area (Å²) in [5.41, 5.74) is 0.690. The minimum absolute atomic E-state index is 0.0217. The van der Waals surface area contributed by atoms with Crippen LogP contribution in [-0.2, 0) is 26.2 Å². The minimum atomic E-state index is -3.94. The molecule has 0 heterocycles. The fourth-order valence-electron chi connectivity index (χ4n) is 3.07. The first kappa shape index (κ1) is 26.9. The average molecular weight is 518 g/mol. The van der Waals surface area contributed by atoms with Crippen molar-refractivity contribution < 1.29 is 22.4 Å². The number of benzene rings is 2. The zero-order valence-corrected chi connectivity index (χ0v) is 21.0. The summed E-state index contributed by atoms with van der Waals surface area (Å²) >= 11 is 11.9. The molecule has 2 aromatic rings. The van der Waals surface area contributed by atoms with Gasteiger partial charge in [0.1, 0.15) is 18.4 Å². The van der Waals surface area contributed by atoms with Gasteiger partial charge in [0.2, 0.25) is 21.8 Å². The molecule has 0 bridgehead atoms. The second-order valence-electron chi connectivity index (χ2n) is 7.86. The molecular formula is C22H26Cl2FN3O4S. The monoisotopic (exact) mass is 517 g/mol. The molecule has 0 radical (unpaired) electrons. The van der Waals surface area contributed by atoms with E-state index in [1.807, 2.05) is 0 Å². The molecule has 2 amide bonds. The molecule has 1 N–H and O–H groups in total. The van der Waals surface area contributed by atoms with Gasteiger partial charge >= 0.3 is 0 Å². The average Bonchev–Trinajstić information content (AvgIpc) is 2.70. The fraction of sp³-hybridized carbons (Fsp3) is 0.364. The smallest absolute Gasteiger partial charge is 0.244 e. The Hall–Kier alpha value is -2.36. The van der Waals surface area contributed by atoms with Crippen LogP contribution in [0.15, 0.2) is 42.5 Å². The van der Waals surface area contributed by atoms with E-state index in [4.69, 9.17) is 23.2 Å². The van der Waals surface area contributed by atoms with Crippen LogP contribution in [-0.4, -0.2) is 50.0 Å². The number of nitrogens with zero attached hydrogens (tertiary/aromatic N) is 2. The maximum absolute atomic E-state index is 13.6. The second-order valence-corrected chi connectivity index (χ2v) is 10.6. The Labute approximate surface area is 203 Å². The van der Waals surface area contributed by atoms with E-state index < -0.39 is 40.2 Å². The highest BCUT2D eigenvalue weighted by atomic mass is 35.5. The molecule has 33 heavy (non-hydrogen) atoms. The SMILES string of the molecule is CC(C)NC(=O)[C@H](C)N(Cc1cccc(Cl)c1)C(=O)CN(c1ccc(F)c(Cl)c1)S(C)(=O)=O. The Balaban J connectivity index is 2.41. The lowest BCUT2D eigenvalue weighted by Gasteiger charge is -2.32. The van der Waals surface area contributed by atoms with Gasteiger partial charge in [-0.3, -0.25) is 13.9 Å². The Kier molecular flexibility index (Phi) is 9.11. The number of halogens is 3. The van der Waals surface area contributed by atoms with Crippen molar-refractivity contribution in [2.45, 2.75) is 39.4 Å². The zero-order valence-electron chi connectivity index (χ0n) is 18.7. The predicted molar refractivity (Wildman–Crippen MR) is 128 cm³/mol. The van der Waals surface area contributed by atoms with Crippen LogP contribution in [0.4, 0.5) is 10.1 Å². The number of carbonyl (C=O) groups excluding carboxylic acids is 2. The molecule has 0 saturated carbocycles. The molecule has 11 heteroatoms. The number of hydrogen-bond acceptors (Lipinski definition) is 4. The highest BCUT2D eigenvalue weighted by Gasteiger charge is 2.30. The molecule has 0 saturated heterocycles. The molecule has 2 rings (SSSR count). The molecule has 1 atom stereocenters. The first-order valence-electron chi connectivity index (χ1n) is 10.1. The molecule has 0 unspecified atom stereocenters. The standard InChI is InChI=1S/C22H26Cl2FN3O4S/c1-14(2)26-22(30)15(3)27(12-16-6-5-7-17(23)10-16)21(29)13-28(33(4,31)32)18-8-9-20(25)19(24)11-18/h5-11,14-15H,12-13H2,1-4H3,(H,26,30)/t15-/m0/s1. The Morgan fingerprint density at radius 1 is 1.09 bits per heavy atom. The van der Waals surface area contributed by atoms with Crippen LogP contribution < -0.4 is 9.62 Å². The van der Waals surface area contributed by atoms with Crippen LogP contribution in [0.3, 0.4) is 0 Å². The van der Waals surface area contributed by atoms with Crippen molar-refractivity contribution in [3.8, 4) is 0 Å². The molecule has 0 aliphatic heterocycles. The Morgan fingerprint density at radius 2 is 1.76 bits per heavy atom. The highest BCUT2D eigenvalue weighted by molar-refractivity contribution is 7.92. The van der Waals surface area contributed by atoms with Gasteiger partial charge in [-0.1, -0.05) is 35.3 Å². The summed E-state index contributed by atoms with van der Waals surface area (Å²) in [5, 5.41) is 2.93. The van der Waals surface area contributed by atoms with E-state index in [9.17, 15) is 22.4 Å². The van der Waals surface area contributed by atoms with E-state index in [0.29, 0.717) is 10.6 Å². The number of hydrogen-bond donors (Lipinski definition) is 1. The van der Waals surface area contributed by atoms with E-state index in [1.54, 1.807) is 45.0 Å². The van der Waals surface area contributed by atoms with Crippen LogP contribution >= 0.6 is 23.2 Å². The van der Waals surface area contributed by atoms with Crippen molar-refractivity contribution in [2.24, 2.45) is 0 Å². The molecular weight excluding hydrogens is 492 g/mol. The first-order valence-corrected chi connectivity index (χ1v) is 12.7. The summed E-state index contributed by atoms with van der Waals surface area (Å²) in [6.07, 6.45) is 0.924.